The van der Waals surface area contributed by atoms with Crippen molar-refractivity contribution < 1.29 is 0 Å². The molecular formula is C13H22N4. The molecule has 0 radical (unpaired) electrons. The van der Waals surface area contributed by atoms with E-state index < -0.39 is 0 Å². The highest BCUT2D eigenvalue weighted by Gasteiger charge is 2.37. The van der Waals surface area contributed by atoms with Crippen LogP contribution in [0.5, 0.6) is 0 Å². The zero-order chi connectivity index (χ0) is 11.7. The van der Waals surface area contributed by atoms with Crippen molar-refractivity contribution in [1.82, 2.24) is 20.0 Å². The zero-order valence-electron chi connectivity index (χ0n) is 10.5. The highest BCUT2D eigenvalue weighted by molar-refractivity contribution is 4.96. The van der Waals surface area contributed by atoms with Crippen LogP contribution in [0.4, 0.5) is 0 Å². The molecule has 17 heavy (non-hydrogen) atoms. The maximum Gasteiger partial charge on any atom is 0.0560 e. The molecule has 1 aromatic rings. The van der Waals surface area contributed by atoms with Crippen LogP contribution in [0.25, 0.3) is 0 Å². The molecular weight excluding hydrogens is 212 g/mol. The van der Waals surface area contributed by atoms with E-state index in [4.69, 9.17) is 0 Å². The van der Waals surface area contributed by atoms with Gasteiger partial charge < -0.3 is 5.32 Å². The minimum atomic E-state index is 0.500. The van der Waals surface area contributed by atoms with Crippen LogP contribution in [0.15, 0.2) is 18.5 Å². The number of nitrogens with zero attached hydrogens (tertiary/aromatic N) is 3. The Kier molecular flexibility index (Phi) is 3.16. The van der Waals surface area contributed by atoms with E-state index in [2.05, 4.69) is 22.2 Å². The summed E-state index contributed by atoms with van der Waals surface area (Å²) in [6, 6.07) is 3.99. The molecule has 1 aromatic heterocycles. The predicted octanol–water partition coefficient (Wildman–Crippen LogP) is 1.10. The molecule has 3 rings (SSSR count). The fraction of sp³-hybridized carbons (Fsp3) is 0.769. The molecule has 0 aromatic carbocycles. The monoisotopic (exact) mass is 234 g/mol. The molecule has 0 bridgehead atoms. The van der Waals surface area contributed by atoms with Crippen molar-refractivity contribution in [3.63, 3.8) is 0 Å². The van der Waals surface area contributed by atoms with Crippen LogP contribution in [0.1, 0.15) is 26.2 Å². The van der Waals surface area contributed by atoms with Gasteiger partial charge in [0.1, 0.15) is 0 Å². The second-order valence-electron chi connectivity index (χ2n) is 5.44. The summed E-state index contributed by atoms with van der Waals surface area (Å²) < 4.78 is 2.01. The highest BCUT2D eigenvalue weighted by atomic mass is 15.3. The van der Waals surface area contributed by atoms with E-state index in [1.165, 1.54) is 32.4 Å². The van der Waals surface area contributed by atoms with Crippen molar-refractivity contribution in [2.45, 2.75) is 50.9 Å². The van der Waals surface area contributed by atoms with Gasteiger partial charge in [0.05, 0.1) is 6.54 Å². The lowest BCUT2D eigenvalue weighted by Gasteiger charge is -2.25. The third-order valence-corrected chi connectivity index (χ3v) is 4.12. The lowest BCUT2D eigenvalue weighted by molar-refractivity contribution is 0.284. The van der Waals surface area contributed by atoms with Crippen molar-refractivity contribution in [2.75, 3.05) is 13.1 Å². The molecule has 0 saturated carbocycles. The van der Waals surface area contributed by atoms with Crippen LogP contribution in [0, 0.1) is 0 Å². The SMILES string of the molecule is CC(Cn1cccn1)NC1CCN2CCCC12. The molecule has 2 saturated heterocycles. The Hall–Kier alpha value is -0.870. The largest absolute Gasteiger partial charge is 0.308 e. The summed E-state index contributed by atoms with van der Waals surface area (Å²) in [7, 11) is 0. The normalized spacial score (nSPS) is 30.6. The third kappa shape index (κ3) is 2.38. The van der Waals surface area contributed by atoms with Gasteiger partial charge in [0.25, 0.3) is 0 Å². The first-order chi connectivity index (χ1) is 8.33. The Morgan fingerprint density at radius 2 is 2.35 bits per heavy atom. The van der Waals surface area contributed by atoms with Gasteiger partial charge in [0.15, 0.2) is 0 Å². The van der Waals surface area contributed by atoms with Gasteiger partial charge in [-0.3, -0.25) is 9.58 Å². The summed E-state index contributed by atoms with van der Waals surface area (Å²) in [6.45, 7) is 5.84. The predicted molar refractivity (Wildman–Crippen MR) is 67.8 cm³/mol. The third-order valence-electron chi connectivity index (χ3n) is 4.12. The second-order valence-corrected chi connectivity index (χ2v) is 5.44. The number of nitrogens with one attached hydrogen (secondary N) is 1. The Labute approximate surface area is 103 Å². The Morgan fingerprint density at radius 3 is 3.18 bits per heavy atom. The molecule has 4 nitrogen and oxygen atoms in total. The Bertz CT molecular complexity index is 348. The van der Waals surface area contributed by atoms with Gasteiger partial charge in [-0.2, -0.15) is 5.10 Å². The molecule has 2 fully saturated rings. The molecule has 94 valence electrons. The van der Waals surface area contributed by atoms with Crippen molar-refractivity contribution >= 4 is 0 Å². The van der Waals surface area contributed by atoms with Crippen LogP contribution in [-0.4, -0.2) is 45.9 Å². The first-order valence-electron chi connectivity index (χ1n) is 6.80. The van der Waals surface area contributed by atoms with Crippen molar-refractivity contribution in [1.29, 1.82) is 0 Å². The van der Waals surface area contributed by atoms with Crippen LogP contribution in [0.3, 0.4) is 0 Å². The summed E-state index contributed by atoms with van der Waals surface area (Å²) >= 11 is 0. The summed E-state index contributed by atoms with van der Waals surface area (Å²) in [5.41, 5.74) is 0. The van der Waals surface area contributed by atoms with Crippen molar-refractivity contribution in [2.24, 2.45) is 0 Å². The van der Waals surface area contributed by atoms with Crippen LogP contribution >= 0.6 is 0 Å². The zero-order valence-corrected chi connectivity index (χ0v) is 10.5. The summed E-state index contributed by atoms with van der Waals surface area (Å²) in [6.07, 6.45) is 7.96. The quantitative estimate of drug-likeness (QED) is 0.847. The van der Waals surface area contributed by atoms with E-state index in [1.54, 1.807) is 0 Å². The summed E-state index contributed by atoms with van der Waals surface area (Å²) in [4.78, 5) is 2.65. The average Bonchev–Trinajstić information content (AvgIpc) is 2.97. The summed E-state index contributed by atoms with van der Waals surface area (Å²) in [5, 5.41) is 8.05. The topological polar surface area (TPSA) is 33.1 Å². The molecule has 4 heteroatoms. The van der Waals surface area contributed by atoms with E-state index in [0.717, 1.165) is 12.6 Å². The molecule has 2 aliphatic rings. The number of hydrogen-bond acceptors (Lipinski definition) is 3. The van der Waals surface area contributed by atoms with Crippen molar-refractivity contribution in [3.05, 3.63) is 18.5 Å². The maximum atomic E-state index is 4.26. The van der Waals surface area contributed by atoms with Crippen LogP contribution in [0.2, 0.25) is 0 Å². The van der Waals surface area contributed by atoms with Gasteiger partial charge in [-0.1, -0.05) is 0 Å². The standard InChI is InChI=1S/C13H22N4/c1-11(10-17-8-3-6-14-17)15-12-5-9-16-7-2-4-13(12)16/h3,6,8,11-13,15H,2,4-5,7,9-10H2,1H3. The Morgan fingerprint density at radius 1 is 1.41 bits per heavy atom. The lowest BCUT2D eigenvalue weighted by Crippen LogP contribution is -2.44. The molecule has 2 aliphatic heterocycles. The fourth-order valence-electron chi connectivity index (χ4n) is 3.38. The molecule has 1 N–H and O–H groups in total. The van der Waals surface area contributed by atoms with E-state index in [1.807, 2.05) is 23.1 Å². The molecule has 3 unspecified atom stereocenters. The van der Waals surface area contributed by atoms with Gasteiger partial charge in [-0.25, -0.2) is 0 Å². The van der Waals surface area contributed by atoms with E-state index >= 15 is 0 Å². The van der Waals surface area contributed by atoms with Gasteiger partial charge in [-0.15, -0.1) is 0 Å². The minimum absolute atomic E-state index is 0.500. The van der Waals surface area contributed by atoms with Gasteiger partial charge in [-0.05, 0) is 38.8 Å². The Balaban J connectivity index is 1.53. The average molecular weight is 234 g/mol. The first kappa shape index (κ1) is 11.2. The number of aromatic nitrogens is 2. The van der Waals surface area contributed by atoms with Crippen molar-refractivity contribution in [3.8, 4) is 0 Å². The lowest BCUT2D eigenvalue weighted by atomic mass is 10.1. The van der Waals surface area contributed by atoms with Crippen LogP contribution < -0.4 is 5.32 Å². The van der Waals surface area contributed by atoms with Gasteiger partial charge >= 0.3 is 0 Å². The smallest absolute Gasteiger partial charge is 0.0560 e. The molecule has 3 atom stereocenters. The molecule has 0 aliphatic carbocycles. The van der Waals surface area contributed by atoms with Crippen LogP contribution in [-0.2, 0) is 6.54 Å². The maximum absolute atomic E-state index is 4.26. The fourth-order valence-corrected chi connectivity index (χ4v) is 3.38. The van der Waals surface area contributed by atoms with E-state index in [9.17, 15) is 0 Å². The second kappa shape index (κ2) is 4.78. The van der Waals surface area contributed by atoms with Gasteiger partial charge in [0, 0.05) is 37.1 Å². The van der Waals surface area contributed by atoms with E-state index in [0.29, 0.717) is 12.1 Å². The first-order valence-corrected chi connectivity index (χ1v) is 6.80. The van der Waals surface area contributed by atoms with Gasteiger partial charge in [0.2, 0.25) is 0 Å². The number of rotatable bonds is 4. The van der Waals surface area contributed by atoms with E-state index in [-0.39, 0.29) is 0 Å². The molecule has 3 heterocycles. The number of fused-ring (bicyclic) bond motifs is 1. The number of hydrogen-bond donors (Lipinski definition) is 1. The summed E-state index contributed by atoms with van der Waals surface area (Å²) in [5.74, 6) is 0. The molecule has 0 amide bonds. The highest BCUT2D eigenvalue weighted by Crippen LogP contribution is 2.28. The minimum Gasteiger partial charge on any atom is -0.308 e. The molecule has 0 spiro atoms.